The van der Waals surface area contributed by atoms with E-state index in [0.717, 1.165) is 6.07 Å². The highest BCUT2D eigenvalue weighted by molar-refractivity contribution is 7.89. The molecule has 0 saturated carbocycles. The maximum atomic E-state index is 13.3. The van der Waals surface area contributed by atoms with Crippen molar-refractivity contribution in [2.45, 2.75) is 23.8 Å². The summed E-state index contributed by atoms with van der Waals surface area (Å²) < 4.78 is 46.8. The van der Waals surface area contributed by atoms with Crippen LogP contribution in [-0.4, -0.2) is 41.8 Å². The molecule has 0 spiro atoms. The zero-order valence-electron chi connectivity index (χ0n) is 15.0. The van der Waals surface area contributed by atoms with E-state index in [0.29, 0.717) is 28.3 Å². The van der Waals surface area contributed by atoms with E-state index < -0.39 is 14.9 Å². The highest BCUT2D eigenvalue weighted by Crippen LogP contribution is 2.31. The van der Waals surface area contributed by atoms with Crippen LogP contribution >= 0.6 is 11.3 Å². The molecule has 29 heavy (non-hydrogen) atoms. The Labute approximate surface area is 169 Å². The SMILES string of the molecule is O=[N+]([O-])c1cccc(S(=O)(=O)N2CCC(Oc3nc4ccc(F)cc4s3)CC2)c1. The normalized spacial score (nSPS) is 16.2. The number of rotatable bonds is 5. The molecule has 0 bridgehead atoms. The molecule has 8 nitrogen and oxygen atoms in total. The summed E-state index contributed by atoms with van der Waals surface area (Å²) in [6.45, 7) is 0.463. The van der Waals surface area contributed by atoms with Crippen LogP contribution in [0.25, 0.3) is 10.2 Å². The number of aromatic nitrogens is 1. The number of ether oxygens (including phenoxy) is 1. The lowest BCUT2D eigenvalue weighted by atomic mass is 10.1. The van der Waals surface area contributed by atoms with Gasteiger partial charge in [-0.05, 0) is 37.1 Å². The molecule has 1 aromatic heterocycles. The lowest BCUT2D eigenvalue weighted by molar-refractivity contribution is -0.385. The van der Waals surface area contributed by atoms with Gasteiger partial charge in [0, 0.05) is 25.2 Å². The number of piperidine rings is 1. The smallest absolute Gasteiger partial charge is 0.274 e. The minimum absolute atomic E-state index is 0.0979. The van der Waals surface area contributed by atoms with Crippen LogP contribution in [0, 0.1) is 15.9 Å². The number of nitro groups is 1. The van der Waals surface area contributed by atoms with Gasteiger partial charge >= 0.3 is 0 Å². The Morgan fingerprint density at radius 3 is 2.69 bits per heavy atom. The number of thiazole rings is 1. The highest BCUT2D eigenvalue weighted by atomic mass is 32.2. The van der Waals surface area contributed by atoms with Crippen molar-refractivity contribution in [3.8, 4) is 5.19 Å². The number of nitrogens with zero attached hydrogens (tertiary/aromatic N) is 3. The van der Waals surface area contributed by atoms with Gasteiger partial charge in [0.1, 0.15) is 11.9 Å². The fraction of sp³-hybridized carbons (Fsp3) is 0.278. The fourth-order valence-electron chi connectivity index (χ4n) is 3.17. The van der Waals surface area contributed by atoms with Crippen molar-refractivity contribution in [3.05, 3.63) is 58.4 Å². The van der Waals surface area contributed by atoms with Gasteiger partial charge in [0.25, 0.3) is 10.9 Å². The van der Waals surface area contributed by atoms with Gasteiger partial charge in [-0.2, -0.15) is 4.31 Å². The second-order valence-electron chi connectivity index (χ2n) is 6.57. The monoisotopic (exact) mass is 437 g/mol. The van der Waals surface area contributed by atoms with Gasteiger partial charge in [-0.3, -0.25) is 10.1 Å². The molecule has 1 saturated heterocycles. The Hall–Kier alpha value is -2.63. The van der Waals surface area contributed by atoms with Crippen LogP contribution in [-0.2, 0) is 10.0 Å². The second kappa shape index (κ2) is 7.65. The molecule has 0 unspecified atom stereocenters. The van der Waals surface area contributed by atoms with E-state index in [1.807, 2.05) is 0 Å². The third-order valence-corrected chi connectivity index (χ3v) is 7.47. The maximum Gasteiger partial charge on any atom is 0.274 e. The van der Waals surface area contributed by atoms with Crippen LogP contribution in [0.3, 0.4) is 0 Å². The molecule has 3 aromatic rings. The molecule has 1 aliphatic heterocycles. The number of hydrogen-bond donors (Lipinski definition) is 0. The Morgan fingerprint density at radius 1 is 1.21 bits per heavy atom. The number of nitro benzene ring substituents is 1. The van der Waals surface area contributed by atoms with Crippen LogP contribution in [0.5, 0.6) is 5.19 Å². The largest absolute Gasteiger partial charge is 0.467 e. The van der Waals surface area contributed by atoms with Crippen LogP contribution < -0.4 is 4.74 Å². The third-order valence-electron chi connectivity index (χ3n) is 4.67. The summed E-state index contributed by atoms with van der Waals surface area (Å²) in [5.74, 6) is -0.340. The van der Waals surface area contributed by atoms with Crippen LogP contribution in [0.2, 0.25) is 0 Å². The maximum absolute atomic E-state index is 13.3. The summed E-state index contributed by atoms with van der Waals surface area (Å²) in [4.78, 5) is 14.5. The summed E-state index contributed by atoms with van der Waals surface area (Å²) in [6, 6.07) is 9.35. The molecule has 2 aromatic carbocycles. The van der Waals surface area contributed by atoms with Gasteiger partial charge in [-0.1, -0.05) is 17.4 Å². The minimum Gasteiger partial charge on any atom is -0.467 e. The topological polar surface area (TPSA) is 103 Å². The molecule has 0 aliphatic carbocycles. The summed E-state index contributed by atoms with van der Waals surface area (Å²) in [5.41, 5.74) is 0.383. The van der Waals surface area contributed by atoms with E-state index >= 15 is 0 Å². The molecule has 2 heterocycles. The van der Waals surface area contributed by atoms with Gasteiger partial charge in [0.2, 0.25) is 10.0 Å². The Bertz CT molecular complexity index is 1170. The molecular weight excluding hydrogens is 421 g/mol. The van der Waals surface area contributed by atoms with Crippen LogP contribution in [0.4, 0.5) is 10.1 Å². The van der Waals surface area contributed by atoms with Gasteiger partial charge in [0.05, 0.1) is 20.0 Å². The van der Waals surface area contributed by atoms with E-state index in [4.69, 9.17) is 4.74 Å². The second-order valence-corrected chi connectivity index (χ2v) is 9.50. The van der Waals surface area contributed by atoms with Crippen molar-refractivity contribution < 1.29 is 22.5 Å². The highest BCUT2D eigenvalue weighted by Gasteiger charge is 2.31. The molecule has 0 atom stereocenters. The molecule has 4 rings (SSSR count). The van der Waals surface area contributed by atoms with Crippen molar-refractivity contribution in [3.63, 3.8) is 0 Å². The molecule has 1 aliphatic rings. The number of halogens is 1. The Morgan fingerprint density at radius 2 is 1.97 bits per heavy atom. The summed E-state index contributed by atoms with van der Waals surface area (Å²) in [7, 11) is -3.82. The zero-order chi connectivity index (χ0) is 20.6. The fourth-order valence-corrected chi connectivity index (χ4v) is 5.58. The van der Waals surface area contributed by atoms with Gasteiger partial charge in [0.15, 0.2) is 0 Å². The van der Waals surface area contributed by atoms with E-state index in [1.54, 1.807) is 6.07 Å². The molecular formula is C18H16FN3O5S2. The molecule has 0 amide bonds. The van der Waals surface area contributed by atoms with E-state index in [2.05, 4.69) is 4.98 Å². The number of sulfonamides is 1. The molecule has 11 heteroatoms. The number of benzene rings is 2. The number of non-ortho nitro benzene ring substituents is 1. The van der Waals surface area contributed by atoms with E-state index in [-0.39, 0.29) is 35.6 Å². The van der Waals surface area contributed by atoms with Crippen molar-refractivity contribution in [1.29, 1.82) is 0 Å². The van der Waals surface area contributed by atoms with E-state index in [9.17, 15) is 22.9 Å². The first-order chi connectivity index (χ1) is 13.8. The molecule has 0 radical (unpaired) electrons. The first-order valence-electron chi connectivity index (χ1n) is 8.80. The average Bonchev–Trinajstić information content (AvgIpc) is 3.09. The average molecular weight is 437 g/mol. The number of hydrogen-bond acceptors (Lipinski definition) is 7. The van der Waals surface area contributed by atoms with Gasteiger partial charge in [-0.15, -0.1) is 0 Å². The van der Waals surface area contributed by atoms with Crippen molar-refractivity contribution >= 4 is 37.3 Å². The summed E-state index contributed by atoms with van der Waals surface area (Å²) >= 11 is 1.24. The Balaban J connectivity index is 1.43. The lowest BCUT2D eigenvalue weighted by Gasteiger charge is -2.30. The van der Waals surface area contributed by atoms with Crippen molar-refractivity contribution in [1.82, 2.24) is 9.29 Å². The zero-order valence-corrected chi connectivity index (χ0v) is 16.7. The minimum atomic E-state index is -3.82. The number of fused-ring (bicyclic) bond motifs is 1. The van der Waals surface area contributed by atoms with Crippen LogP contribution in [0.1, 0.15) is 12.8 Å². The molecule has 0 N–H and O–H groups in total. The lowest BCUT2D eigenvalue weighted by Crippen LogP contribution is -2.41. The predicted molar refractivity (Wildman–Crippen MR) is 105 cm³/mol. The first kappa shape index (κ1) is 19.7. The predicted octanol–water partition coefficient (Wildman–Crippen LogP) is 3.58. The summed E-state index contributed by atoms with van der Waals surface area (Å²) in [6.07, 6.45) is 0.702. The third kappa shape index (κ3) is 4.07. The summed E-state index contributed by atoms with van der Waals surface area (Å²) in [5, 5.41) is 11.3. The molecule has 152 valence electrons. The van der Waals surface area contributed by atoms with Gasteiger partial charge in [-0.25, -0.2) is 17.8 Å². The quantitative estimate of drug-likeness (QED) is 0.447. The van der Waals surface area contributed by atoms with Gasteiger partial charge < -0.3 is 4.74 Å². The van der Waals surface area contributed by atoms with E-state index in [1.165, 1.54) is 46.0 Å². The van der Waals surface area contributed by atoms with Crippen molar-refractivity contribution in [2.24, 2.45) is 0 Å². The Kier molecular flexibility index (Phi) is 5.19. The van der Waals surface area contributed by atoms with Crippen LogP contribution in [0.15, 0.2) is 47.4 Å². The molecule has 1 fully saturated rings. The van der Waals surface area contributed by atoms with Crippen molar-refractivity contribution in [2.75, 3.05) is 13.1 Å². The standard InChI is InChI=1S/C18H16FN3O5S2/c19-12-4-5-16-17(10-12)28-18(20-16)27-14-6-8-21(9-7-14)29(25,26)15-3-1-2-13(11-15)22(23)24/h1-5,10-11,14H,6-9H2. The first-order valence-corrected chi connectivity index (χ1v) is 11.1.